The maximum atomic E-state index is 11.8. The van der Waals surface area contributed by atoms with Crippen molar-refractivity contribution in [2.24, 2.45) is 0 Å². The van der Waals surface area contributed by atoms with E-state index < -0.39 is 0 Å². The zero-order valence-corrected chi connectivity index (χ0v) is 19.5. The molecule has 158 valence electrons. The second kappa shape index (κ2) is 10.2. The Hall–Kier alpha value is -2.18. The number of fused-ring (bicyclic) bond motifs is 1. The summed E-state index contributed by atoms with van der Waals surface area (Å²) >= 11 is 2.00. The Labute approximate surface area is 185 Å². The molecule has 0 aromatic heterocycles. The number of esters is 1. The summed E-state index contributed by atoms with van der Waals surface area (Å²) in [4.78, 5) is 13.3. The Morgan fingerprint density at radius 2 is 1.80 bits per heavy atom. The van der Waals surface area contributed by atoms with Gasteiger partial charge in [-0.2, -0.15) is 0 Å². The van der Waals surface area contributed by atoms with Crippen molar-refractivity contribution in [3.8, 4) is 11.8 Å². The van der Waals surface area contributed by atoms with Gasteiger partial charge in [-0.3, -0.25) is 0 Å². The number of carbonyl (C=O) groups is 1. The molecule has 0 N–H and O–H groups in total. The van der Waals surface area contributed by atoms with Gasteiger partial charge in [0.2, 0.25) is 0 Å². The molecule has 0 amide bonds. The zero-order valence-electron chi connectivity index (χ0n) is 18.6. The van der Waals surface area contributed by atoms with Crippen LogP contribution in [0.3, 0.4) is 0 Å². The van der Waals surface area contributed by atoms with Gasteiger partial charge in [0.25, 0.3) is 0 Å². The molecule has 0 saturated heterocycles. The third-order valence-electron chi connectivity index (χ3n) is 6.23. The minimum atomic E-state index is -0.287. The van der Waals surface area contributed by atoms with Gasteiger partial charge in [0.1, 0.15) is 0 Å². The summed E-state index contributed by atoms with van der Waals surface area (Å²) < 4.78 is 5.06. The molecule has 2 aromatic rings. The van der Waals surface area contributed by atoms with Crippen LogP contribution in [0.25, 0.3) is 0 Å². The van der Waals surface area contributed by atoms with Crippen LogP contribution in [0.2, 0.25) is 0 Å². The van der Waals surface area contributed by atoms with Crippen LogP contribution in [0.1, 0.15) is 86.0 Å². The van der Waals surface area contributed by atoms with E-state index in [1.165, 1.54) is 41.0 Å². The normalized spacial score (nSPS) is 14.4. The summed E-state index contributed by atoms with van der Waals surface area (Å²) in [6, 6.07) is 12.1. The highest BCUT2D eigenvalue weighted by atomic mass is 32.2. The summed E-state index contributed by atoms with van der Waals surface area (Å²) in [7, 11) is 0. The van der Waals surface area contributed by atoms with Gasteiger partial charge in [0.15, 0.2) is 0 Å². The van der Waals surface area contributed by atoms with Gasteiger partial charge in [-0.15, -0.1) is 11.8 Å². The predicted molar refractivity (Wildman–Crippen MR) is 126 cm³/mol. The monoisotopic (exact) mass is 420 g/mol. The van der Waals surface area contributed by atoms with E-state index in [9.17, 15) is 4.79 Å². The number of hydrogen-bond acceptors (Lipinski definition) is 3. The van der Waals surface area contributed by atoms with Gasteiger partial charge in [-0.1, -0.05) is 39.0 Å². The quantitative estimate of drug-likeness (QED) is 0.381. The Morgan fingerprint density at radius 3 is 2.43 bits per heavy atom. The molecule has 0 spiro atoms. The fourth-order valence-corrected chi connectivity index (χ4v) is 5.64. The number of thioether (sulfide) groups is 1. The van der Waals surface area contributed by atoms with E-state index in [2.05, 4.69) is 44.7 Å². The number of aryl methyl sites for hydroxylation is 1. The second-order valence-corrected chi connectivity index (χ2v) is 9.03. The van der Waals surface area contributed by atoms with Gasteiger partial charge in [0, 0.05) is 16.0 Å². The Morgan fingerprint density at radius 1 is 1.07 bits per heavy atom. The Balaban J connectivity index is 1.97. The van der Waals surface area contributed by atoms with Crippen LogP contribution < -0.4 is 0 Å². The van der Waals surface area contributed by atoms with Crippen molar-refractivity contribution >= 4 is 17.7 Å². The summed E-state index contributed by atoms with van der Waals surface area (Å²) in [6.07, 6.45) is 5.75. The van der Waals surface area contributed by atoms with Crippen LogP contribution in [0, 0.1) is 11.8 Å². The molecule has 1 heterocycles. The number of benzene rings is 2. The minimum absolute atomic E-state index is 0.281. The van der Waals surface area contributed by atoms with Crippen LogP contribution in [0.5, 0.6) is 0 Å². The van der Waals surface area contributed by atoms with E-state index in [0.29, 0.717) is 12.2 Å². The molecule has 30 heavy (non-hydrogen) atoms. The fourth-order valence-electron chi connectivity index (χ4n) is 4.27. The van der Waals surface area contributed by atoms with Crippen molar-refractivity contribution < 1.29 is 9.53 Å². The molecule has 1 aliphatic rings. The van der Waals surface area contributed by atoms with E-state index in [1.54, 1.807) is 12.1 Å². The average molecular weight is 421 g/mol. The maximum absolute atomic E-state index is 11.8. The largest absolute Gasteiger partial charge is 0.462 e. The zero-order chi connectivity index (χ0) is 21.6. The van der Waals surface area contributed by atoms with E-state index in [1.807, 2.05) is 30.8 Å². The molecule has 0 atom stereocenters. The first-order valence-electron chi connectivity index (χ1n) is 11.2. The van der Waals surface area contributed by atoms with Crippen LogP contribution >= 0.6 is 11.8 Å². The first-order valence-corrected chi connectivity index (χ1v) is 12.1. The Kier molecular flexibility index (Phi) is 7.67. The standard InChI is InChI=1S/C27H32O2S/c1-5-9-22-19-25-24(27(6-2,7-3)16-17-30-25)18-23(22)15-12-20-10-13-21(14-11-20)26(28)29-8-4/h10-11,13-14,18-19H,5-9,16-17H2,1-4H3. The molecule has 0 aliphatic carbocycles. The molecular weight excluding hydrogens is 388 g/mol. The molecule has 0 unspecified atom stereocenters. The lowest BCUT2D eigenvalue weighted by Gasteiger charge is -2.38. The number of hydrogen-bond donors (Lipinski definition) is 0. The number of carbonyl (C=O) groups excluding carboxylic acids is 1. The number of ether oxygens (including phenoxy) is 1. The lowest BCUT2D eigenvalue weighted by atomic mass is 9.72. The summed E-state index contributed by atoms with van der Waals surface area (Å²) in [5, 5.41) is 0. The molecule has 0 bridgehead atoms. The molecule has 0 fully saturated rings. The van der Waals surface area contributed by atoms with Crippen molar-refractivity contribution in [2.75, 3.05) is 12.4 Å². The van der Waals surface area contributed by atoms with Crippen molar-refractivity contribution in [3.05, 3.63) is 64.2 Å². The van der Waals surface area contributed by atoms with Crippen molar-refractivity contribution in [1.29, 1.82) is 0 Å². The molecule has 2 aromatic carbocycles. The van der Waals surface area contributed by atoms with Gasteiger partial charge < -0.3 is 4.74 Å². The first kappa shape index (κ1) is 22.5. The van der Waals surface area contributed by atoms with Crippen LogP contribution in [0.15, 0.2) is 41.3 Å². The predicted octanol–water partition coefficient (Wildman–Crippen LogP) is 6.77. The fraction of sp³-hybridized carbons (Fsp3) is 0.444. The molecule has 3 rings (SSSR count). The summed E-state index contributed by atoms with van der Waals surface area (Å²) in [6.45, 7) is 9.06. The first-order chi connectivity index (χ1) is 14.6. The molecule has 3 heteroatoms. The van der Waals surface area contributed by atoms with E-state index in [0.717, 1.165) is 24.0 Å². The third-order valence-corrected chi connectivity index (χ3v) is 7.28. The van der Waals surface area contributed by atoms with Crippen molar-refractivity contribution in [1.82, 2.24) is 0 Å². The van der Waals surface area contributed by atoms with E-state index in [-0.39, 0.29) is 11.4 Å². The lowest BCUT2D eigenvalue weighted by molar-refractivity contribution is 0.0526. The van der Waals surface area contributed by atoms with Gasteiger partial charge in [-0.05, 0) is 91.3 Å². The Bertz CT molecular complexity index is 943. The van der Waals surface area contributed by atoms with Crippen LogP contribution in [-0.2, 0) is 16.6 Å². The number of rotatable bonds is 6. The highest BCUT2D eigenvalue weighted by molar-refractivity contribution is 7.99. The van der Waals surface area contributed by atoms with Crippen LogP contribution in [-0.4, -0.2) is 18.3 Å². The minimum Gasteiger partial charge on any atom is -0.462 e. The molecule has 1 aliphatic heterocycles. The SMILES string of the molecule is CCCc1cc2c(cc1C#Cc1ccc(C(=O)OCC)cc1)C(CC)(CC)CCS2. The van der Waals surface area contributed by atoms with E-state index in [4.69, 9.17) is 4.74 Å². The molecular formula is C27H32O2S. The molecule has 0 radical (unpaired) electrons. The van der Waals surface area contributed by atoms with E-state index >= 15 is 0 Å². The van der Waals surface area contributed by atoms with Gasteiger partial charge in [0.05, 0.1) is 12.2 Å². The van der Waals surface area contributed by atoms with Gasteiger partial charge in [-0.25, -0.2) is 4.79 Å². The highest BCUT2D eigenvalue weighted by Gasteiger charge is 2.34. The summed E-state index contributed by atoms with van der Waals surface area (Å²) in [5.74, 6) is 7.69. The maximum Gasteiger partial charge on any atom is 0.338 e. The second-order valence-electron chi connectivity index (χ2n) is 7.89. The van der Waals surface area contributed by atoms with Gasteiger partial charge >= 0.3 is 5.97 Å². The smallest absolute Gasteiger partial charge is 0.338 e. The topological polar surface area (TPSA) is 26.3 Å². The lowest BCUT2D eigenvalue weighted by Crippen LogP contribution is -2.29. The molecule has 2 nitrogen and oxygen atoms in total. The van der Waals surface area contributed by atoms with Crippen LogP contribution in [0.4, 0.5) is 0 Å². The highest BCUT2D eigenvalue weighted by Crippen LogP contribution is 2.46. The third kappa shape index (κ3) is 4.76. The van der Waals surface area contributed by atoms with Crippen molar-refractivity contribution in [2.45, 2.75) is 70.1 Å². The summed E-state index contributed by atoms with van der Waals surface area (Å²) in [5.41, 5.74) is 5.75. The average Bonchev–Trinajstić information content (AvgIpc) is 2.78. The molecule has 0 saturated carbocycles. The van der Waals surface area contributed by atoms with Crippen molar-refractivity contribution in [3.63, 3.8) is 0 Å².